The Morgan fingerprint density at radius 2 is 1.96 bits per heavy atom. The summed E-state index contributed by atoms with van der Waals surface area (Å²) in [5.41, 5.74) is 0.775. The summed E-state index contributed by atoms with van der Waals surface area (Å²) in [7, 11) is 0. The van der Waals surface area contributed by atoms with Crippen molar-refractivity contribution in [3.8, 4) is 0 Å². The molecule has 1 aromatic heterocycles. The summed E-state index contributed by atoms with van der Waals surface area (Å²) in [6.45, 7) is 2.07. The lowest BCUT2D eigenvalue weighted by Gasteiger charge is -2.44. The first kappa shape index (κ1) is 15.9. The number of ether oxygens (including phenoxy) is 1. The molecule has 2 aliphatic heterocycles. The first-order valence-corrected chi connectivity index (χ1v) is 8.53. The maximum atomic E-state index is 12.7. The van der Waals surface area contributed by atoms with Gasteiger partial charge in [-0.15, -0.1) is 0 Å². The molecule has 24 heavy (non-hydrogen) atoms. The van der Waals surface area contributed by atoms with E-state index in [1.54, 1.807) is 18.3 Å². The van der Waals surface area contributed by atoms with Crippen LogP contribution in [-0.2, 0) is 4.74 Å². The summed E-state index contributed by atoms with van der Waals surface area (Å²) >= 11 is 12.0. The molecule has 3 aliphatic rings. The van der Waals surface area contributed by atoms with Crippen molar-refractivity contribution >= 4 is 29.1 Å². The van der Waals surface area contributed by atoms with Crippen molar-refractivity contribution in [3.63, 3.8) is 0 Å². The molecule has 1 amide bonds. The van der Waals surface area contributed by atoms with Gasteiger partial charge in [0.1, 0.15) is 11.3 Å². The quantitative estimate of drug-likeness (QED) is 0.833. The summed E-state index contributed by atoms with van der Waals surface area (Å²) in [4.78, 5) is 16.6. The molecule has 4 nitrogen and oxygen atoms in total. The second kappa shape index (κ2) is 5.45. The molecular weight excluding hydrogens is 347 g/mol. The highest BCUT2D eigenvalue weighted by molar-refractivity contribution is 6.32. The lowest BCUT2D eigenvalue weighted by molar-refractivity contribution is -0.00978. The van der Waals surface area contributed by atoms with Gasteiger partial charge in [-0.1, -0.05) is 35.3 Å². The van der Waals surface area contributed by atoms with Crippen LogP contribution in [0.2, 0.25) is 10.2 Å². The zero-order valence-corrected chi connectivity index (χ0v) is 14.6. The average molecular weight is 363 g/mol. The number of halogens is 2. The normalized spacial score (nSPS) is 30.7. The van der Waals surface area contributed by atoms with Gasteiger partial charge in [0, 0.05) is 24.1 Å². The smallest absolute Gasteiger partial charge is 0.254 e. The van der Waals surface area contributed by atoms with Crippen molar-refractivity contribution in [1.29, 1.82) is 0 Å². The highest BCUT2D eigenvalue weighted by Crippen LogP contribution is 2.61. The molecule has 1 atom stereocenters. The SMILES string of the molecule is CC12CC(NC(=O)c3cccnc3Cl)(C1)C(c1ccc(Cl)cc1)O2. The van der Waals surface area contributed by atoms with Crippen molar-refractivity contribution in [3.05, 3.63) is 63.9 Å². The number of hydrogen-bond donors (Lipinski definition) is 1. The van der Waals surface area contributed by atoms with E-state index in [0.717, 1.165) is 18.4 Å². The predicted molar refractivity (Wildman–Crippen MR) is 92.4 cm³/mol. The molecule has 2 saturated heterocycles. The molecule has 1 aromatic carbocycles. The molecule has 0 spiro atoms. The van der Waals surface area contributed by atoms with E-state index in [1.807, 2.05) is 24.3 Å². The van der Waals surface area contributed by atoms with Crippen molar-refractivity contribution in [2.75, 3.05) is 0 Å². The molecule has 2 aromatic rings. The van der Waals surface area contributed by atoms with Crippen LogP contribution in [0.4, 0.5) is 0 Å². The van der Waals surface area contributed by atoms with Crippen LogP contribution in [0, 0.1) is 0 Å². The van der Waals surface area contributed by atoms with Crippen molar-refractivity contribution in [2.45, 2.75) is 37.0 Å². The minimum absolute atomic E-state index is 0.195. The number of hydrogen-bond acceptors (Lipinski definition) is 3. The number of aromatic nitrogens is 1. The second-order valence-electron chi connectivity index (χ2n) is 6.80. The van der Waals surface area contributed by atoms with Gasteiger partial charge < -0.3 is 10.1 Å². The molecule has 3 heterocycles. The van der Waals surface area contributed by atoms with Gasteiger partial charge in [0.25, 0.3) is 5.91 Å². The van der Waals surface area contributed by atoms with E-state index >= 15 is 0 Å². The Hall–Kier alpha value is -1.62. The number of nitrogens with one attached hydrogen (secondary N) is 1. The second-order valence-corrected chi connectivity index (χ2v) is 7.60. The number of carbonyl (C=O) groups excluding carboxylic acids is 1. The van der Waals surface area contributed by atoms with Crippen LogP contribution < -0.4 is 5.32 Å². The molecule has 3 fully saturated rings. The van der Waals surface area contributed by atoms with Crippen LogP contribution in [0.25, 0.3) is 0 Å². The third-order valence-corrected chi connectivity index (χ3v) is 5.38. The fourth-order valence-corrected chi connectivity index (χ4v) is 4.31. The molecule has 0 radical (unpaired) electrons. The molecule has 6 heteroatoms. The standard InChI is InChI=1S/C18H16Cl2N2O2/c1-17-9-18(10-17,14(24-17)11-4-6-12(19)7-5-11)22-16(23)13-3-2-8-21-15(13)20/h2-8,14H,9-10H2,1H3,(H,22,23). The number of fused-ring (bicyclic) bond motifs is 1. The minimum Gasteiger partial charge on any atom is -0.365 e. The fourth-order valence-electron chi connectivity index (χ4n) is 3.98. The lowest BCUT2D eigenvalue weighted by atomic mass is 9.66. The molecule has 1 unspecified atom stereocenters. The maximum Gasteiger partial charge on any atom is 0.254 e. The molecule has 5 rings (SSSR count). The Morgan fingerprint density at radius 1 is 1.25 bits per heavy atom. The van der Waals surface area contributed by atoms with E-state index in [0.29, 0.717) is 10.6 Å². The Labute approximate surface area is 150 Å². The maximum absolute atomic E-state index is 12.7. The molecular formula is C18H16Cl2N2O2. The molecule has 1 saturated carbocycles. The first-order valence-electron chi connectivity index (χ1n) is 7.77. The van der Waals surface area contributed by atoms with Gasteiger partial charge in [-0.25, -0.2) is 4.98 Å². The number of carbonyl (C=O) groups is 1. The summed E-state index contributed by atoms with van der Waals surface area (Å²) in [6, 6.07) is 10.9. The predicted octanol–water partition coefficient (Wildman–Crippen LogP) is 4.18. The van der Waals surface area contributed by atoms with Crippen molar-refractivity contribution in [2.24, 2.45) is 0 Å². The van der Waals surface area contributed by atoms with Crippen LogP contribution in [0.15, 0.2) is 42.6 Å². The lowest BCUT2D eigenvalue weighted by Crippen LogP contribution is -2.59. The average Bonchev–Trinajstić information content (AvgIpc) is 2.96. The van der Waals surface area contributed by atoms with E-state index in [1.165, 1.54) is 0 Å². The van der Waals surface area contributed by atoms with Crippen LogP contribution in [0.5, 0.6) is 0 Å². The van der Waals surface area contributed by atoms with Gasteiger partial charge in [0.15, 0.2) is 0 Å². The number of pyridine rings is 1. The Morgan fingerprint density at radius 3 is 2.62 bits per heavy atom. The van der Waals surface area contributed by atoms with Crippen LogP contribution in [0.3, 0.4) is 0 Å². The van der Waals surface area contributed by atoms with Gasteiger partial charge in [-0.05, 0) is 36.8 Å². The van der Waals surface area contributed by atoms with E-state index < -0.39 is 5.54 Å². The largest absolute Gasteiger partial charge is 0.365 e. The van der Waals surface area contributed by atoms with Crippen LogP contribution in [-0.4, -0.2) is 22.0 Å². The number of benzene rings is 1. The first-order chi connectivity index (χ1) is 11.4. The van der Waals surface area contributed by atoms with E-state index in [2.05, 4.69) is 17.2 Å². The topological polar surface area (TPSA) is 51.2 Å². The fraction of sp³-hybridized carbons (Fsp3) is 0.333. The summed E-state index contributed by atoms with van der Waals surface area (Å²) in [6.07, 6.45) is 2.92. The van der Waals surface area contributed by atoms with Gasteiger partial charge in [-0.2, -0.15) is 0 Å². The summed E-state index contributed by atoms with van der Waals surface area (Å²) in [5, 5.41) is 4.03. The van der Waals surface area contributed by atoms with E-state index in [-0.39, 0.29) is 22.8 Å². The van der Waals surface area contributed by atoms with Crippen molar-refractivity contribution < 1.29 is 9.53 Å². The monoisotopic (exact) mass is 362 g/mol. The van der Waals surface area contributed by atoms with E-state index in [4.69, 9.17) is 27.9 Å². The molecule has 1 aliphatic carbocycles. The van der Waals surface area contributed by atoms with Crippen LogP contribution >= 0.6 is 23.2 Å². The zero-order chi connectivity index (χ0) is 16.9. The third kappa shape index (κ3) is 2.50. The van der Waals surface area contributed by atoms with Crippen molar-refractivity contribution in [1.82, 2.24) is 10.3 Å². The Kier molecular flexibility index (Phi) is 3.60. The third-order valence-electron chi connectivity index (χ3n) is 4.82. The van der Waals surface area contributed by atoms with E-state index in [9.17, 15) is 4.79 Å². The van der Waals surface area contributed by atoms with Gasteiger partial charge >= 0.3 is 0 Å². The number of rotatable bonds is 3. The molecule has 1 N–H and O–H groups in total. The molecule has 2 bridgehead atoms. The van der Waals surface area contributed by atoms with Crippen LogP contribution in [0.1, 0.15) is 41.8 Å². The summed E-state index contributed by atoms with van der Waals surface area (Å²) < 4.78 is 6.21. The minimum atomic E-state index is -0.418. The Balaban J connectivity index is 1.62. The highest BCUT2D eigenvalue weighted by atomic mass is 35.5. The Bertz CT molecular complexity index is 801. The zero-order valence-electron chi connectivity index (χ0n) is 13.1. The van der Waals surface area contributed by atoms with Gasteiger partial charge in [0.2, 0.25) is 0 Å². The number of amides is 1. The van der Waals surface area contributed by atoms with Gasteiger partial charge in [-0.3, -0.25) is 4.79 Å². The summed E-state index contributed by atoms with van der Waals surface area (Å²) in [5.74, 6) is -0.223. The highest BCUT2D eigenvalue weighted by Gasteiger charge is 2.66. The van der Waals surface area contributed by atoms with Gasteiger partial charge in [0.05, 0.1) is 16.7 Å². The number of nitrogens with zero attached hydrogens (tertiary/aromatic N) is 1. The molecule has 124 valence electrons.